The quantitative estimate of drug-likeness (QED) is 0.579. The van der Waals surface area contributed by atoms with Crippen LogP contribution in [0.4, 0.5) is 18.9 Å². The van der Waals surface area contributed by atoms with E-state index in [0.29, 0.717) is 17.2 Å². The number of nitrogens with zero attached hydrogens (tertiary/aromatic N) is 1. The maximum atomic E-state index is 12.9. The largest absolute Gasteiger partial charge is 0.452 e. The van der Waals surface area contributed by atoms with Gasteiger partial charge in [-0.05, 0) is 42.2 Å². The molecule has 0 amide bonds. The molecule has 0 bridgehead atoms. The third-order valence-corrected chi connectivity index (χ3v) is 5.92. The van der Waals surface area contributed by atoms with E-state index < -0.39 is 22.0 Å². The zero-order chi connectivity index (χ0) is 21.4. The average molecular weight is 424 g/mol. The Morgan fingerprint density at radius 1 is 1.03 bits per heavy atom. The summed E-state index contributed by atoms with van der Waals surface area (Å²) >= 11 is 0. The van der Waals surface area contributed by atoms with Gasteiger partial charge in [-0.15, -0.1) is 0 Å². The highest BCUT2D eigenvalue weighted by Gasteiger charge is 2.36. The first-order chi connectivity index (χ1) is 13.5. The Morgan fingerprint density at radius 3 is 2.24 bits per heavy atom. The van der Waals surface area contributed by atoms with E-state index in [4.69, 9.17) is 0 Å². The number of nitrogens with one attached hydrogen (secondary N) is 1. The highest BCUT2D eigenvalue weighted by molar-refractivity contribution is 7.92. The van der Waals surface area contributed by atoms with Gasteiger partial charge in [0, 0.05) is 17.3 Å². The molecule has 29 heavy (non-hydrogen) atoms. The van der Waals surface area contributed by atoms with Crippen LogP contribution in [0.2, 0.25) is 0 Å². The van der Waals surface area contributed by atoms with Gasteiger partial charge in [-0.25, -0.2) is 8.42 Å². The van der Waals surface area contributed by atoms with E-state index in [9.17, 15) is 21.6 Å². The zero-order valence-electron chi connectivity index (χ0n) is 15.9. The van der Waals surface area contributed by atoms with Crippen LogP contribution in [0.5, 0.6) is 0 Å². The van der Waals surface area contributed by atoms with Crippen molar-refractivity contribution in [1.29, 1.82) is 0 Å². The molecule has 0 spiro atoms. The fraction of sp³-hybridized carbons (Fsp3) is 0.250. The Labute approximate surface area is 166 Å². The number of hydrogen-bond acceptors (Lipinski definition) is 4. The highest BCUT2D eigenvalue weighted by Crippen LogP contribution is 2.33. The average Bonchev–Trinajstić information content (AvgIpc) is 3.12. The van der Waals surface area contributed by atoms with E-state index in [1.165, 1.54) is 18.2 Å². The lowest BCUT2D eigenvalue weighted by Crippen LogP contribution is -2.14. The van der Waals surface area contributed by atoms with Crippen molar-refractivity contribution in [3.63, 3.8) is 0 Å². The van der Waals surface area contributed by atoms with E-state index in [1.54, 1.807) is 19.1 Å². The lowest BCUT2D eigenvalue weighted by molar-refractivity contribution is -0.155. The monoisotopic (exact) mass is 424 g/mol. The van der Waals surface area contributed by atoms with Gasteiger partial charge in [0.1, 0.15) is 5.69 Å². The lowest BCUT2D eigenvalue weighted by Gasteiger charge is -2.12. The van der Waals surface area contributed by atoms with Crippen LogP contribution >= 0.6 is 0 Å². The SMILES string of the molecule is Cc1ccc(-c2cc(C(F)(F)F)on2)cc1S(=O)(=O)Nc1ccc(C(C)C)cc1. The summed E-state index contributed by atoms with van der Waals surface area (Å²) in [5.41, 5.74) is 2.00. The molecule has 0 radical (unpaired) electrons. The van der Waals surface area contributed by atoms with Crippen LogP contribution in [-0.2, 0) is 16.2 Å². The summed E-state index contributed by atoms with van der Waals surface area (Å²) in [6.45, 7) is 5.66. The third-order valence-electron chi connectivity index (χ3n) is 4.39. The third kappa shape index (κ3) is 4.61. The molecule has 0 unspecified atom stereocenters. The number of alkyl halides is 3. The van der Waals surface area contributed by atoms with Crippen LogP contribution in [0.15, 0.2) is 57.9 Å². The highest BCUT2D eigenvalue weighted by atomic mass is 32.2. The Morgan fingerprint density at radius 2 is 1.69 bits per heavy atom. The number of aryl methyl sites for hydroxylation is 1. The number of halogens is 3. The summed E-state index contributed by atoms with van der Waals surface area (Å²) in [6, 6.07) is 12.0. The number of benzene rings is 2. The van der Waals surface area contributed by atoms with Crippen molar-refractivity contribution in [3.8, 4) is 11.3 Å². The Hall–Kier alpha value is -2.81. The minimum absolute atomic E-state index is 0.0560. The zero-order valence-corrected chi connectivity index (χ0v) is 16.7. The molecule has 154 valence electrons. The maximum Gasteiger partial charge on any atom is 0.452 e. The van der Waals surface area contributed by atoms with Crippen molar-refractivity contribution in [1.82, 2.24) is 5.16 Å². The fourth-order valence-corrected chi connectivity index (χ4v) is 4.07. The molecular formula is C20H19F3N2O3S. The molecule has 3 rings (SSSR count). The van der Waals surface area contributed by atoms with Crippen molar-refractivity contribution >= 4 is 15.7 Å². The topological polar surface area (TPSA) is 72.2 Å². The first-order valence-corrected chi connectivity index (χ1v) is 10.2. The van der Waals surface area contributed by atoms with Gasteiger partial charge in [0.15, 0.2) is 0 Å². The van der Waals surface area contributed by atoms with Crippen molar-refractivity contribution in [2.24, 2.45) is 0 Å². The van der Waals surface area contributed by atoms with E-state index in [1.807, 2.05) is 26.0 Å². The molecule has 3 aromatic rings. The van der Waals surface area contributed by atoms with E-state index in [0.717, 1.165) is 11.6 Å². The first-order valence-electron chi connectivity index (χ1n) is 8.75. The number of aromatic nitrogens is 1. The smallest absolute Gasteiger partial charge is 0.351 e. The Kier molecular flexibility index (Phi) is 5.44. The summed E-state index contributed by atoms with van der Waals surface area (Å²) in [4.78, 5) is -0.0560. The second kappa shape index (κ2) is 7.55. The van der Waals surface area contributed by atoms with E-state index >= 15 is 0 Å². The first kappa shape index (κ1) is 20.9. The minimum atomic E-state index is -4.67. The van der Waals surface area contributed by atoms with Gasteiger partial charge in [0.2, 0.25) is 5.76 Å². The van der Waals surface area contributed by atoms with Crippen LogP contribution in [0, 0.1) is 6.92 Å². The van der Waals surface area contributed by atoms with Crippen molar-refractivity contribution < 1.29 is 26.1 Å². The second-order valence-electron chi connectivity index (χ2n) is 6.94. The number of rotatable bonds is 5. The normalized spacial score (nSPS) is 12.4. The van der Waals surface area contributed by atoms with Gasteiger partial charge in [-0.2, -0.15) is 13.2 Å². The molecule has 0 saturated carbocycles. The summed E-state index contributed by atoms with van der Waals surface area (Å²) in [7, 11) is -3.96. The predicted octanol–water partition coefficient (Wildman–Crippen LogP) is 5.59. The molecule has 1 N–H and O–H groups in total. The van der Waals surface area contributed by atoms with Gasteiger partial charge >= 0.3 is 6.18 Å². The Bertz CT molecular complexity index is 1120. The molecule has 1 aromatic heterocycles. The summed E-state index contributed by atoms with van der Waals surface area (Å²) in [5, 5.41) is 3.41. The molecule has 0 fully saturated rings. The fourth-order valence-electron chi connectivity index (χ4n) is 2.74. The number of anilines is 1. The van der Waals surface area contributed by atoms with E-state index in [-0.39, 0.29) is 16.2 Å². The maximum absolute atomic E-state index is 12.9. The molecule has 0 aliphatic rings. The molecule has 2 aromatic carbocycles. The molecular weight excluding hydrogens is 405 g/mol. The van der Waals surface area contributed by atoms with Crippen molar-refractivity contribution in [2.75, 3.05) is 4.72 Å². The Balaban J connectivity index is 1.93. The predicted molar refractivity (Wildman–Crippen MR) is 103 cm³/mol. The number of hydrogen-bond donors (Lipinski definition) is 1. The van der Waals surface area contributed by atoms with Crippen LogP contribution in [0.3, 0.4) is 0 Å². The molecule has 0 saturated heterocycles. The van der Waals surface area contributed by atoms with Gasteiger partial charge in [0.05, 0.1) is 4.90 Å². The molecule has 9 heteroatoms. The molecule has 0 aliphatic heterocycles. The standard InChI is InChI=1S/C20H19F3N2O3S/c1-12(2)14-6-8-16(9-7-14)25-29(26,27)18-10-15(5-4-13(18)3)17-11-19(28-24-17)20(21,22)23/h4-12,25H,1-3H3. The number of sulfonamides is 1. The summed E-state index contributed by atoms with van der Waals surface area (Å²) in [5.74, 6) is -0.940. The van der Waals surface area contributed by atoms with Crippen LogP contribution in [-0.4, -0.2) is 13.6 Å². The van der Waals surface area contributed by atoms with Gasteiger partial charge in [-0.3, -0.25) is 4.72 Å². The molecule has 0 atom stereocenters. The lowest BCUT2D eigenvalue weighted by atomic mass is 10.0. The summed E-state index contributed by atoms with van der Waals surface area (Å²) in [6.07, 6.45) is -4.67. The summed E-state index contributed by atoms with van der Waals surface area (Å²) < 4.78 is 70.7. The van der Waals surface area contributed by atoms with Gasteiger partial charge in [0.25, 0.3) is 10.0 Å². The van der Waals surface area contributed by atoms with Gasteiger partial charge in [-0.1, -0.05) is 43.3 Å². The van der Waals surface area contributed by atoms with Gasteiger partial charge < -0.3 is 4.52 Å². The minimum Gasteiger partial charge on any atom is -0.351 e. The second-order valence-corrected chi connectivity index (χ2v) is 8.59. The van der Waals surface area contributed by atoms with Crippen LogP contribution in [0.1, 0.15) is 36.7 Å². The van der Waals surface area contributed by atoms with E-state index in [2.05, 4.69) is 14.4 Å². The van der Waals surface area contributed by atoms with Crippen LogP contribution < -0.4 is 4.72 Å². The van der Waals surface area contributed by atoms with Crippen molar-refractivity contribution in [3.05, 3.63) is 65.4 Å². The van der Waals surface area contributed by atoms with Crippen molar-refractivity contribution in [2.45, 2.75) is 37.8 Å². The molecule has 0 aliphatic carbocycles. The molecule has 1 heterocycles. The molecule has 5 nitrogen and oxygen atoms in total. The van der Waals surface area contributed by atoms with Crippen LogP contribution in [0.25, 0.3) is 11.3 Å².